The molecule has 1 aromatic carbocycles. The Labute approximate surface area is 91.4 Å². The molecule has 0 fully saturated rings. The van der Waals surface area contributed by atoms with Crippen LogP contribution in [0.25, 0.3) is 0 Å². The van der Waals surface area contributed by atoms with E-state index >= 15 is 0 Å². The van der Waals surface area contributed by atoms with Crippen molar-refractivity contribution in [2.45, 2.75) is 0 Å². The lowest BCUT2D eigenvalue weighted by Crippen LogP contribution is -2.25. The molecule has 1 rings (SSSR count). The summed E-state index contributed by atoms with van der Waals surface area (Å²) in [4.78, 5) is 33.0. The van der Waals surface area contributed by atoms with Crippen LogP contribution in [0.5, 0.6) is 0 Å². The van der Waals surface area contributed by atoms with Crippen LogP contribution in [-0.4, -0.2) is 24.9 Å². The molecule has 0 aromatic heterocycles. The monoisotopic (exact) mass is 222 g/mol. The molecule has 6 heteroatoms. The van der Waals surface area contributed by atoms with Crippen LogP contribution < -0.4 is 11.1 Å². The van der Waals surface area contributed by atoms with Gasteiger partial charge in [-0.05, 0) is 12.1 Å². The third-order valence-electron chi connectivity index (χ3n) is 1.81. The van der Waals surface area contributed by atoms with Gasteiger partial charge in [0, 0.05) is 0 Å². The second-order valence-electron chi connectivity index (χ2n) is 2.86. The summed E-state index contributed by atoms with van der Waals surface area (Å²) in [6.45, 7) is 0. The molecule has 0 saturated heterocycles. The second kappa shape index (κ2) is 4.92. The zero-order valence-corrected chi connectivity index (χ0v) is 8.52. The summed E-state index contributed by atoms with van der Waals surface area (Å²) >= 11 is 0. The fourth-order valence-corrected chi connectivity index (χ4v) is 1.07. The maximum Gasteiger partial charge on any atom is 0.396 e. The third kappa shape index (κ3) is 2.57. The van der Waals surface area contributed by atoms with E-state index in [-0.39, 0.29) is 11.3 Å². The minimum absolute atomic E-state index is 0.125. The first-order valence-corrected chi connectivity index (χ1v) is 4.34. The summed E-state index contributed by atoms with van der Waals surface area (Å²) in [5, 5.41) is 2.23. The highest BCUT2D eigenvalue weighted by Gasteiger charge is 2.16. The van der Waals surface area contributed by atoms with Crippen LogP contribution in [0.15, 0.2) is 24.3 Å². The Bertz CT molecular complexity index is 442. The van der Waals surface area contributed by atoms with Gasteiger partial charge in [-0.3, -0.25) is 9.59 Å². The van der Waals surface area contributed by atoms with Gasteiger partial charge in [-0.25, -0.2) is 4.79 Å². The molecule has 0 spiro atoms. The Kier molecular flexibility index (Phi) is 3.60. The predicted molar refractivity (Wildman–Crippen MR) is 55.6 cm³/mol. The van der Waals surface area contributed by atoms with Crippen LogP contribution in [0, 0.1) is 0 Å². The number of benzene rings is 1. The van der Waals surface area contributed by atoms with Crippen LogP contribution in [0.4, 0.5) is 5.69 Å². The molecule has 0 aliphatic heterocycles. The first-order valence-electron chi connectivity index (χ1n) is 4.34. The average molecular weight is 222 g/mol. The van der Waals surface area contributed by atoms with Gasteiger partial charge < -0.3 is 15.8 Å². The molecule has 0 bridgehead atoms. The van der Waals surface area contributed by atoms with Crippen molar-refractivity contribution in [1.82, 2.24) is 0 Å². The SMILES string of the molecule is COC(=O)C(=O)Nc1ccccc1C(N)=O. The van der Waals surface area contributed by atoms with E-state index in [9.17, 15) is 14.4 Å². The normalized spacial score (nSPS) is 9.31. The summed E-state index contributed by atoms with van der Waals surface area (Å²) in [5.41, 5.74) is 5.39. The molecule has 0 aliphatic carbocycles. The lowest BCUT2D eigenvalue weighted by molar-refractivity contribution is -0.150. The molecular formula is C10H10N2O4. The number of methoxy groups -OCH3 is 1. The van der Waals surface area contributed by atoms with E-state index in [1.54, 1.807) is 12.1 Å². The van der Waals surface area contributed by atoms with Crippen molar-refractivity contribution in [3.8, 4) is 0 Å². The maximum absolute atomic E-state index is 11.2. The van der Waals surface area contributed by atoms with E-state index in [1.165, 1.54) is 12.1 Å². The van der Waals surface area contributed by atoms with Gasteiger partial charge in [0.25, 0.3) is 5.91 Å². The Morgan fingerprint density at radius 1 is 1.25 bits per heavy atom. The molecule has 0 atom stereocenters. The van der Waals surface area contributed by atoms with E-state index in [2.05, 4.69) is 10.1 Å². The Morgan fingerprint density at radius 2 is 1.88 bits per heavy atom. The number of ether oxygens (including phenoxy) is 1. The van der Waals surface area contributed by atoms with Crippen molar-refractivity contribution in [2.75, 3.05) is 12.4 Å². The highest BCUT2D eigenvalue weighted by molar-refractivity contribution is 6.37. The lowest BCUT2D eigenvalue weighted by atomic mass is 10.1. The van der Waals surface area contributed by atoms with Crippen molar-refractivity contribution in [1.29, 1.82) is 0 Å². The third-order valence-corrected chi connectivity index (χ3v) is 1.81. The van der Waals surface area contributed by atoms with Gasteiger partial charge in [-0.1, -0.05) is 12.1 Å². The fraction of sp³-hybridized carbons (Fsp3) is 0.100. The molecule has 16 heavy (non-hydrogen) atoms. The molecule has 0 aliphatic rings. The van der Waals surface area contributed by atoms with E-state index in [0.717, 1.165) is 7.11 Å². The van der Waals surface area contributed by atoms with Gasteiger partial charge >= 0.3 is 11.9 Å². The molecule has 0 radical (unpaired) electrons. The van der Waals surface area contributed by atoms with Gasteiger partial charge in [-0.15, -0.1) is 0 Å². The number of rotatable bonds is 2. The topological polar surface area (TPSA) is 98.5 Å². The van der Waals surface area contributed by atoms with Gasteiger partial charge in [0.2, 0.25) is 0 Å². The second-order valence-corrected chi connectivity index (χ2v) is 2.86. The highest BCUT2D eigenvalue weighted by atomic mass is 16.5. The van der Waals surface area contributed by atoms with E-state index in [1.807, 2.05) is 0 Å². The number of carbonyl (C=O) groups is 3. The molecule has 3 N–H and O–H groups in total. The van der Waals surface area contributed by atoms with Crippen LogP contribution in [0.1, 0.15) is 10.4 Å². The fourth-order valence-electron chi connectivity index (χ4n) is 1.07. The number of esters is 1. The number of carbonyl (C=O) groups excluding carboxylic acids is 3. The maximum atomic E-state index is 11.2. The smallest absolute Gasteiger partial charge is 0.396 e. The minimum Gasteiger partial charge on any atom is -0.462 e. The summed E-state index contributed by atoms with van der Waals surface area (Å²) in [6.07, 6.45) is 0. The Balaban J connectivity index is 2.93. The van der Waals surface area contributed by atoms with E-state index in [0.29, 0.717) is 0 Å². The standard InChI is InChI=1S/C10H10N2O4/c1-16-10(15)9(14)12-7-5-3-2-4-6(7)8(11)13/h2-5H,1H3,(H2,11,13)(H,12,14). The summed E-state index contributed by atoms with van der Waals surface area (Å²) in [7, 11) is 1.09. The molecular weight excluding hydrogens is 212 g/mol. The van der Waals surface area contributed by atoms with Gasteiger partial charge in [0.15, 0.2) is 0 Å². The van der Waals surface area contributed by atoms with Crippen molar-refractivity contribution in [3.63, 3.8) is 0 Å². The van der Waals surface area contributed by atoms with Crippen LogP contribution in [0.3, 0.4) is 0 Å². The summed E-state index contributed by atoms with van der Waals surface area (Å²) in [6, 6.07) is 6.09. The minimum atomic E-state index is -1.04. The summed E-state index contributed by atoms with van der Waals surface area (Å²) in [5.74, 6) is -2.70. The zero-order chi connectivity index (χ0) is 12.1. The average Bonchev–Trinajstić information content (AvgIpc) is 2.28. The number of primary amides is 1. The predicted octanol–water partition coefficient (Wildman–Crippen LogP) is -0.103. The van der Waals surface area contributed by atoms with Gasteiger partial charge in [0.1, 0.15) is 0 Å². The van der Waals surface area contributed by atoms with Crippen LogP contribution >= 0.6 is 0 Å². The number of hydrogen-bond donors (Lipinski definition) is 2. The van der Waals surface area contributed by atoms with Gasteiger partial charge in [0.05, 0.1) is 18.4 Å². The van der Waals surface area contributed by atoms with Crippen LogP contribution in [-0.2, 0) is 14.3 Å². The zero-order valence-electron chi connectivity index (χ0n) is 8.52. The number of nitrogens with one attached hydrogen (secondary N) is 1. The summed E-state index contributed by atoms with van der Waals surface area (Å²) < 4.78 is 4.22. The molecule has 0 heterocycles. The van der Waals surface area contributed by atoms with Crippen molar-refractivity contribution < 1.29 is 19.1 Å². The number of amides is 2. The lowest BCUT2D eigenvalue weighted by Gasteiger charge is -2.06. The molecule has 84 valence electrons. The largest absolute Gasteiger partial charge is 0.462 e. The number of para-hydroxylation sites is 1. The number of hydrogen-bond acceptors (Lipinski definition) is 4. The quantitative estimate of drug-likeness (QED) is 0.539. The first kappa shape index (κ1) is 11.7. The number of anilines is 1. The van der Waals surface area contributed by atoms with E-state index in [4.69, 9.17) is 5.73 Å². The molecule has 0 saturated carbocycles. The Hall–Kier alpha value is -2.37. The van der Waals surface area contributed by atoms with Crippen molar-refractivity contribution in [2.24, 2.45) is 5.73 Å². The molecule has 2 amide bonds. The Morgan fingerprint density at radius 3 is 2.44 bits per heavy atom. The van der Waals surface area contributed by atoms with Crippen molar-refractivity contribution in [3.05, 3.63) is 29.8 Å². The molecule has 6 nitrogen and oxygen atoms in total. The van der Waals surface area contributed by atoms with Crippen molar-refractivity contribution >= 4 is 23.5 Å². The molecule has 0 unspecified atom stereocenters. The van der Waals surface area contributed by atoms with E-state index < -0.39 is 17.8 Å². The molecule has 1 aromatic rings. The van der Waals surface area contributed by atoms with Crippen LogP contribution in [0.2, 0.25) is 0 Å². The first-order chi connectivity index (χ1) is 7.56. The van der Waals surface area contributed by atoms with Gasteiger partial charge in [-0.2, -0.15) is 0 Å². The number of nitrogens with two attached hydrogens (primary N) is 1. The highest BCUT2D eigenvalue weighted by Crippen LogP contribution is 2.13.